The number of ether oxygens (including phenoxy) is 2. The molecule has 32 heavy (non-hydrogen) atoms. The lowest BCUT2D eigenvalue weighted by Crippen LogP contribution is -2.51. The van der Waals surface area contributed by atoms with E-state index in [4.69, 9.17) is 9.47 Å². The van der Waals surface area contributed by atoms with Crippen LogP contribution in [0.5, 0.6) is 11.5 Å². The molecule has 5 rings (SSSR count). The third kappa shape index (κ3) is 4.00. The van der Waals surface area contributed by atoms with E-state index in [1.165, 1.54) is 16.8 Å². The average Bonchev–Trinajstić information content (AvgIpc) is 3.46. The quantitative estimate of drug-likeness (QED) is 0.707. The van der Waals surface area contributed by atoms with E-state index in [1.54, 1.807) is 4.90 Å². The van der Waals surface area contributed by atoms with Gasteiger partial charge in [-0.3, -0.25) is 19.4 Å². The number of aromatic amines is 1. The third-order valence-corrected chi connectivity index (χ3v) is 6.34. The molecule has 0 spiro atoms. The van der Waals surface area contributed by atoms with Crippen LogP contribution in [-0.4, -0.2) is 64.1 Å². The zero-order valence-electron chi connectivity index (χ0n) is 17.5. The Morgan fingerprint density at radius 3 is 2.53 bits per heavy atom. The maximum absolute atomic E-state index is 12.9. The Bertz CT molecular complexity index is 1160. The number of aryl methyl sites for hydroxylation is 1. The third-order valence-electron chi connectivity index (χ3n) is 6.34. The van der Waals surface area contributed by atoms with Crippen LogP contribution in [0.3, 0.4) is 0 Å². The molecule has 2 aliphatic heterocycles. The highest BCUT2D eigenvalue weighted by Gasteiger charge is 2.46. The second kappa shape index (κ2) is 8.18. The lowest BCUT2D eigenvalue weighted by atomic mass is 10.1. The smallest absolute Gasteiger partial charge is 0.328 e. The van der Waals surface area contributed by atoms with Crippen molar-refractivity contribution < 1.29 is 19.1 Å². The molecular formula is C22H24N4O6. The highest BCUT2D eigenvalue weighted by atomic mass is 16.7. The van der Waals surface area contributed by atoms with E-state index in [1.807, 2.05) is 23.1 Å². The Hall–Kier alpha value is -3.56. The molecule has 1 saturated heterocycles. The van der Waals surface area contributed by atoms with Crippen molar-refractivity contribution in [3.05, 3.63) is 56.9 Å². The molecule has 10 nitrogen and oxygen atoms in total. The Labute approximate surface area is 183 Å². The summed E-state index contributed by atoms with van der Waals surface area (Å²) in [6.07, 6.45) is 2.37. The van der Waals surface area contributed by atoms with E-state index >= 15 is 0 Å². The molecule has 168 valence electrons. The number of hydrogen-bond donors (Lipinski definition) is 1. The summed E-state index contributed by atoms with van der Waals surface area (Å²) in [5.74, 6) is 1.72. The summed E-state index contributed by atoms with van der Waals surface area (Å²) in [5.41, 5.74) is 0.107. The van der Waals surface area contributed by atoms with Crippen LogP contribution in [0.4, 0.5) is 0 Å². The Balaban J connectivity index is 1.11. The van der Waals surface area contributed by atoms with Crippen molar-refractivity contribution in [2.24, 2.45) is 5.92 Å². The summed E-state index contributed by atoms with van der Waals surface area (Å²) in [6, 6.07) is 7.11. The van der Waals surface area contributed by atoms with Gasteiger partial charge in [0.25, 0.3) is 5.56 Å². The summed E-state index contributed by atoms with van der Waals surface area (Å²) in [4.78, 5) is 54.0. The van der Waals surface area contributed by atoms with Gasteiger partial charge in [-0.1, -0.05) is 6.07 Å². The van der Waals surface area contributed by atoms with Crippen LogP contribution >= 0.6 is 0 Å². The number of fused-ring (bicyclic) bond motifs is 1. The number of hydrogen-bond acceptors (Lipinski definition) is 6. The van der Waals surface area contributed by atoms with Crippen LogP contribution in [0.25, 0.3) is 0 Å². The molecular weight excluding hydrogens is 416 g/mol. The molecule has 3 heterocycles. The summed E-state index contributed by atoms with van der Waals surface area (Å²) in [7, 11) is 0. The van der Waals surface area contributed by atoms with E-state index in [2.05, 4.69) is 4.98 Å². The number of nitrogens with zero attached hydrogens (tertiary/aromatic N) is 3. The second-order valence-electron chi connectivity index (χ2n) is 8.32. The van der Waals surface area contributed by atoms with E-state index < -0.39 is 11.2 Å². The van der Waals surface area contributed by atoms with Crippen molar-refractivity contribution >= 4 is 11.8 Å². The van der Waals surface area contributed by atoms with Crippen molar-refractivity contribution in [2.45, 2.75) is 25.3 Å². The predicted molar refractivity (Wildman–Crippen MR) is 113 cm³/mol. The first kappa shape index (κ1) is 20.3. The van der Waals surface area contributed by atoms with Crippen molar-refractivity contribution in [2.75, 3.05) is 33.0 Å². The van der Waals surface area contributed by atoms with Crippen molar-refractivity contribution in [1.82, 2.24) is 19.4 Å². The maximum Gasteiger partial charge on any atom is 0.328 e. The molecule has 0 unspecified atom stereocenters. The molecule has 3 aliphatic rings. The first-order chi connectivity index (χ1) is 15.5. The lowest BCUT2D eigenvalue weighted by molar-refractivity contribution is -0.140. The van der Waals surface area contributed by atoms with Crippen molar-refractivity contribution in [3.8, 4) is 11.5 Å². The van der Waals surface area contributed by atoms with Crippen LogP contribution in [0.15, 0.2) is 40.1 Å². The van der Waals surface area contributed by atoms with E-state index in [9.17, 15) is 19.2 Å². The van der Waals surface area contributed by atoms with E-state index in [-0.39, 0.29) is 43.4 Å². The predicted octanol–water partition coefficient (Wildman–Crippen LogP) is 0.130. The highest BCUT2D eigenvalue weighted by molar-refractivity contribution is 5.83. The largest absolute Gasteiger partial charge is 0.454 e. The van der Waals surface area contributed by atoms with Crippen LogP contribution in [0.2, 0.25) is 0 Å². The van der Waals surface area contributed by atoms with Gasteiger partial charge in [0.2, 0.25) is 18.6 Å². The Morgan fingerprint density at radius 2 is 1.75 bits per heavy atom. The Morgan fingerprint density at radius 1 is 1.00 bits per heavy atom. The van der Waals surface area contributed by atoms with Gasteiger partial charge < -0.3 is 23.8 Å². The van der Waals surface area contributed by atoms with Gasteiger partial charge in [0, 0.05) is 57.3 Å². The van der Waals surface area contributed by atoms with Gasteiger partial charge in [0.15, 0.2) is 11.5 Å². The minimum absolute atomic E-state index is 0.0234. The molecule has 1 aromatic carbocycles. The number of benzene rings is 1. The standard InChI is InChI=1S/C22H24N4O6/c27-19-3-5-26(22(30)23-19)6-4-20(28)24-7-9-25(10-8-24)21(29)16-12-15(16)14-1-2-17-18(11-14)32-13-31-17/h1-3,5,11,15-16H,4,6-10,12-13H2,(H,23,27,30)/t15-,16+/m1/s1. The van der Waals surface area contributed by atoms with Gasteiger partial charge in [0.1, 0.15) is 0 Å². The molecule has 10 heteroatoms. The van der Waals surface area contributed by atoms with Crippen LogP contribution in [0.1, 0.15) is 24.3 Å². The second-order valence-corrected chi connectivity index (χ2v) is 8.32. The van der Waals surface area contributed by atoms with Gasteiger partial charge in [-0.05, 0) is 30.0 Å². The van der Waals surface area contributed by atoms with Gasteiger partial charge in [-0.15, -0.1) is 0 Å². The van der Waals surface area contributed by atoms with Crippen molar-refractivity contribution in [1.29, 1.82) is 0 Å². The number of amides is 2. The fourth-order valence-electron chi connectivity index (χ4n) is 4.39. The Kier molecular flexibility index (Phi) is 5.20. The molecule has 2 aromatic rings. The molecule has 2 atom stereocenters. The number of rotatable bonds is 5. The molecule has 1 saturated carbocycles. The summed E-state index contributed by atoms with van der Waals surface area (Å²) in [6.45, 7) is 2.41. The highest BCUT2D eigenvalue weighted by Crippen LogP contribution is 2.50. The summed E-state index contributed by atoms with van der Waals surface area (Å²) >= 11 is 0. The lowest BCUT2D eigenvalue weighted by Gasteiger charge is -2.35. The van der Waals surface area contributed by atoms with E-state index in [0.29, 0.717) is 26.2 Å². The molecule has 0 radical (unpaired) electrons. The number of aromatic nitrogens is 2. The molecule has 2 amide bonds. The van der Waals surface area contributed by atoms with Crippen molar-refractivity contribution in [3.63, 3.8) is 0 Å². The molecule has 0 bridgehead atoms. The minimum atomic E-state index is -0.526. The van der Waals surface area contributed by atoms with Gasteiger partial charge in [-0.25, -0.2) is 4.79 Å². The number of nitrogens with one attached hydrogen (secondary N) is 1. The van der Waals surface area contributed by atoms with Gasteiger partial charge in [0.05, 0.1) is 0 Å². The monoisotopic (exact) mass is 440 g/mol. The summed E-state index contributed by atoms with van der Waals surface area (Å²) < 4.78 is 12.1. The minimum Gasteiger partial charge on any atom is -0.454 e. The first-order valence-corrected chi connectivity index (χ1v) is 10.8. The number of H-pyrrole nitrogens is 1. The topological polar surface area (TPSA) is 114 Å². The molecule has 2 fully saturated rings. The average molecular weight is 440 g/mol. The van der Waals surface area contributed by atoms with E-state index in [0.717, 1.165) is 23.5 Å². The molecule has 1 aromatic heterocycles. The van der Waals surface area contributed by atoms with Crippen LogP contribution in [-0.2, 0) is 16.1 Å². The zero-order valence-corrected chi connectivity index (χ0v) is 17.5. The molecule has 1 aliphatic carbocycles. The number of carbonyl (C=O) groups excluding carboxylic acids is 2. The zero-order chi connectivity index (χ0) is 22.2. The van der Waals surface area contributed by atoms with Crippen LogP contribution in [0, 0.1) is 5.92 Å². The fraction of sp³-hybridized carbons (Fsp3) is 0.455. The van der Waals surface area contributed by atoms with Gasteiger partial charge in [-0.2, -0.15) is 0 Å². The molecule has 1 N–H and O–H groups in total. The normalized spacial score (nSPS) is 21.5. The van der Waals surface area contributed by atoms with Gasteiger partial charge >= 0.3 is 5.69 Å². The summed E-state index contributed by atoms with van der Waals surface area (Å²) in [5, 5.41) is 0. The number of piperazine rings is 1. The first-order valence-electron chi connectivity index (χ1n) is 10.8. The maximum atomic E-state index is 12.9. The fourth-order valence-corrected chi connectivity index (χ4v) is 4.39. The SMILES string of the molecule is O=C(CCn1ccc(=O)[nH]c1=O)N1CCN(C(=O)[C@H]2C[C@@H]2c2ccc3c(c2)OCO3)CC1. The number of carbonyl (C=O) groups is 2. The van der Waals surface area contributed by atoms with Crippen LogP contribution < -0.4 is 20.7 Å².